The van der Waals surface area contributed by atoms with Crippen LogP contribution in [0.4, 0.5) is 5.95 Å². The summed E-state index contributed by atoms with van der Waals surface area (Å²) >= 11 is 5.84. The van der Waals surface area contributed by atoms with E-state index in [0.29, 0.717) is 23.9 Å². The van der Waals surface area contributed by atoms with Crippen LogP contribution >= 0.6 is 11.6 Å². The van der Waals surface area contributed by atoms with Crippen molar-refractivity contribution in [1.29, 1.82) is 0 Å². The molecular formula is C17H19ClN4O3S. The third-order valence-electron chi connectivity index (χ3n) is 4.31. The summed E-state index contributed by atoms with van der Waals surface area (Å²) < 4.78 is 23.3. The van der Waals surface area contributed by atoms with Gasteiger partial charge in [-0.1, -0.05) is 23.7 Å². The molecule has 1 unspecified atom stereocenters. The molecule has 1 aliphatic rings. The molecule has 0 saturated carbocycles. The van der Waals surface area contributed by atoms with Crippen molar-refractivity contribution < 1.29 is 13.2 Å². The summed E-state index contributed by atoms with van der Waals surface area (Å²) in [6, 6.07) is 8.55. The zero-order valence-corrected chi connectivity index (χ0v) is 15.8. The van der Waals surface area contributed by atoms with E-state index in [1.807, 2.05) is 12.1 Å². The fraction of sp³-hybridized carbons (Fsp3) is 0.353. The summed E-state index contributed by atoms with van der Waals surface area (Å²) in [5.74, 6) is 0.269. The number of nitrogens with one attached hydrogen (secondary N) is 1. The Kier molecular flexibility index (Phi) is 5.43. The van der Waals surface area contributed by atoms with Crippen LogP contribution < -0.4 is 10.2 Å². The predicted molar refractivity (Wildman–Crippen MR) is 100 cm³/mol. The van der Waals surface area contributed by atoms with Gasteiger partial charge in [-0.2, -0.15) is 0 Å². The van der Waals surface area contributed by atoms with E-state index in [9.17, 15) is 13.2 Å². The van der Waals surface area contributed by atoms with Gasteiger partial charge in [0.25, 0.3) is 5.91 Å². The molecule has 1 aromatic heterocycles. The largest absolute Gasteiger partial charge is 0.347 e. The molecule has 1 atom stereocenters. The molecule has 0 bridgehead atoms. The Balaban J connectivity index is 1.66. The van der Waals surface area contributed by atoms with E-state index in [2.05, 4.69) is 15.3 Å². The first-order chi connectivity index (χ1) is 12.3. The number of nitrogens with zero attached hydrogens (tertiary/aromatic N) is 3. The smallest absolute Gasteiger partial charge is 0.270 e. The van der Waals surface area contributed by atoms with Gasteiger partial charge in [0.15, 0.2) is 9.84 Å². The number of rotatable bonds is 5. The normalized spacial score (nSPS) is 18.5. The third kappa shape index (κ3) is 4.50. The van der Waals surface area contributed by atoms with E-state index in [1.54, 1.807) is 24.1 Å². The summed E-state index contributed by atoms with van der Waals surface area (Å²) in [5.41, 5.74) is 1.15. The van der Waals surface area contributed by atoms with Gasteiger partial charge in [-0.25, -0.2) is 18.4 Å². The van der Waals surface area contributed by atoms with Gasteiger partial charge in [-0.05, 0) is 30.2 Å². The molecule has 138 valence electrons. The highest BCUT2D eigenvalue weighted by atomic mass is 35.5. The maximum absolute atomic E-state index is 12.3. The first-order valence-electron chi connectivity index (χ1n) is 8.13. The van der Waals surface area contributed by atoms with Crippen molar-refractivity contribution in [2.45, 2.75) is 19.0 Å². The Hall–Kier alpha value is -2.19. The van der Waals surface area contributed by atoms with Crippen LogP contribution in [0.3, 0.4) is 0 Å². The van der Waals surface area contributed by atoms with Crippen LogP contribution in [0.1, 0.15) is 22.5 Å². The molecule has 3 rings (SSSR count). The lowest BCUT2D eigenvalue weighted by Gasteiger charge is -2.23. The van der Waals surface area contributed by atoms with Gasteiger partial charge < -0.3 is 10.2 Å². The van der Waals surface area contributed by atoms with Crippen molar-refractivity contribution in [1.82, 2.24) is 15.3 Å². The number of amides is 1. The van der Waals surface area contributed by atoms with Crippen molar-refractivity contribution in [2.75, 3.05) is 23.5 Å². The van der Waals surface area contributed by atoms with Crippen molar-refractivity contribution in [3.05, 3.63) is 52.8 Å². The fourth-order valence-electron chi connectivity index (χ4n) is 2.76. The van der Waals surface area contributed by atoms with Crippen LogP contribution in [0.5, 0.6) is 0 Å². The number of hydrogen-bond donors (Lipinski definition) is 1. The molecular weight excluding hydrogens is 376 g/mol. The van der Waals surface area contributed by atoms with Crippen LogP contribution in [0.15, 0.2) is 36.5 Å². The molecule has 1 saturated heterocycles. The van der Waals surface area contributed by atoms with E-state index in [0.717, 1.165) is 5.56 Å². The van der Waals surface area contributed by atoms with Crippen molar-refractivity contribution in [2.24, 2.45) is 0 Å². The lowest BCUT2D eigenvalue weighted by atomic mass is 10.2. The molecule has 1 aliphatic heterocycles. The summed E-state index contributed by atoms with van der Waals surface area (Å²) in [5, 5.41) is 3.43. The molecule has 1 N–H and O–H groups in total. The van der Waals surface area contributed by atoms with E-state index in [-0.39, 0.29) is 29.1 Å². The molecule has 0 aliphatic carbocycles. The molecule has 0 radical (unpaired) electrons. The lowest BCUT2D eigenvalue weighted by molar-refractivity contribution is 0.0946. The molecule has 1 amide bonds. The minimum atomic E-state index is -3.00. The standard InChI is InChI=1S/C17H19ClN4O3S/c1-22(14-7-9-26(24,25)11-14)17-19-8-6-15(21-17)16(23)20-10-12-2-4-13(18)5-3-12/h2-6,8,14H,7,9-11H2,1H3,(H,20,23). The van der Waals surface area contributed by atoms with Gasteiger partial charge >= 0.3 is 0 Å². The van der Waals surface area contributed by atoms with Crippen molar-refractivity contribution in [3.8, 4) is 0 Å². The van der Waals surface area contributed by atoms with E-state index in [4.69, 9.17) is 11.6 Å². The zero-order valence-electron chi connectivity index (χ0n) is 14.2. The van der Waals surface area contributed by atoms with Crippen molar-refractivity contribution in [3.63, 3.8) is 0 Å². The topological polar surface area (TPSA) is 92.3 Å². The highest BCUT2D eigenvalue weighted by molar-refractivity contribution is 7.91. The number of sulfone groups is 1. The average molecular weight is 395 g/mol. The molecule has 1 fully saturated rings. The van der Waals surface area contributed by atoms with Crippen LogP contribution in [0, 0.1) is 0 Å². The molecule has 1 aromatic carbocycles. The maximum atomic E-state index is 12.3. The Morgan fingerprint density at radius 2 is 2.04 bits per heavy atom. The third-order valence-corrected chi connectivity index (χ3v) is 6.32. The predicted octanol–water partition coefficient (Wildman–Crippen LogP) is 1.68. The van der Waals surface area contributed by atoms with E-state index < -0.39 is 9.84 Å². The molecule has 9 heteroatoms. The fourth-order valence-corrected chi connectivity index (χ4v) is 4.66. The van der Waals surface area contributed by atoms with Crippen LogP contribution in [0.2, 0.25) is 5.02 Å². The Morgan fingerprint density at radius 3 is 2.69 bits per heavy atom. The number of halogens is 1. The second-order valence-electron chi connectivity index (χ2n) is 6.22. The minimum absolute atomic E-state index is 0.0832. The second kappa shape index (κ2) is 7.59. The highest BCUT2D eigenvalue weighted by Gasteiger charge is 2.31. The van der Waals surface area contributed by atoms with Crippen molar-refractivity contribution >= 4 is 33.3 Å². The Labute approximate surface area is 157 Å². The first-order valence-corrected chi connectivity index (χ1v) is 10.3. The summed E-state index contributed by atoms with van der Waals surface area (Å²) in [6.45, 7) is 0.353. The van der Waals surface area contributed by atoms with E-state index >= 15 is 0 Å². The Morgan fingerprint density at radius 1 is 1.31 bits per heavy atom. The number of hydrogen-bond acceptors (Lipinski definition) is 6. The quantitative estimate of drug-likeness (QED) is 0.829. The summed E-state index contributed by atoms with van der Waals surface area (Å²) in [7, 11) is -1.26. The van der Waals surface area contributed by atoms with Gasteiger partial charge in [0.05, 0.1) is 11.5 Å². The summed E-state index contributed by atoms with van der Waals surface area (Å²) in [6.07, 6.45) is 2.04. The number of anilines is 1. The second-order valence-corrected chi connectivity index (χ2v) is 8.88. The van der Waals surface area contributed by atoms with Crippen LogP contribution in [-0.2, 0) is 16.4 Å². The van der Waals surface area contributed by atoms with Crippen LogP contribution in [0.25, 0.3) is 0 Å². The monoisotopic (exact) mass is 394 g/mol. The number of aromatic nitrogens is 2. The molecule has 26 heavy (non-hydrogen) atoms. The van der Waals surface area contributed by atoms with E-state index in [1.165, 1.54) is 12.3 Å². The van der Waals surface area contributed by atoms with Gasteiger partial charge in [-0.15, -0.1) is 0 Å². The van der Waals surface area contributed by atoms with Crippen LogP contribution in [-0.4, -0.2) is 48.9 Å². The molecule has 7 nitrogen and oxygen atoms in total. The molecule has 2 aromatic rings. The zero-order chi connectivity index (χ0) is 18.7. The summed E-state index contributed by atoms with van der Waals surface area (Å²) in [4.78, 5) is 22.5. The number of benzene rings is 1. The minimum Gasteiger partial charge on any atom is -0.347 e. The van der Waals surface area contributed by atoms with Gasteiger partial charge in [0, 0.05) is 30.9 Å². The highest BCUT2D eigenvalue weighted by Crippen LogP contribution is 2.20. The maximum Gasteiger partial charge on any atom is 0.270 e. The number of carbonyl (C=O) groups excluding carboxylic acids is 1. The van der Waals surface area contributed by atoms with Gasteiger partial charge in [-0.3, -0.25) is 4.79 Å². The van der Waals surface area contributed by atoms with Gasteiger partial charge in [0.1, 0.15) is 5.69 Å². The molecule has 0 spiro atoms. The Bertz CT molecular complexity index is 902. The average Bonchev–Trinajstić information content (AvgIpc) is 3.00. The van der Waals surface area contributed by atoms with Gasteiger partial charge in [0.2, 0.25) is 5.95 Å². The lowest BCUT2D eigenvalue weighted by Crippen LogP contribution is -2.34. The number of carbonyl (C=O) groups is 1. The first kappa shape index (κ1) is 18.6. The SMILES string of the molecule is CN(c1nccc(C(=O)NCc2ccc(Cl)cc2)n1)C1CCS(=O)(=O)C1. The molecule has 2 heterocycles.